The Morgan fingerprint density at radius 3 is 1.81 bits per heavy atom. The van der Waals surface area contributed by atoms with E-state index >= 15 is 0 Å². The van der Waals surface area contributed by atoms with Gasteiger partial charge in [-0.25, -0.2) is 0 Å². The summed E-state index contributed by atoms with van der Waals surface area (Å²) >= 11 is 0. The van der Waals surface area contributed by atoms with Gasteiger partial charge < -0.3 is 89.8 Å². The minimum absolute atomic E-state index is 0.0300. The molecule has 1 aliphatic rings. The van der Waals surface area contributed by atoms with E-state index < -0.39 is 98.4 Å². The second-order valence-electron chi connectivity index (χ2n) is 19.3. The quantitative estimate of drug-likeness (QED) is 0.00876. The van der Waals surface area contributed by atoms with Gasteiger partial charge in [0.2, 0.25) is 29.5 Å². The highest BCUT2D eigenvalue weighted by Gasteiger charge is 2.37. The molecule has 3 rings (SSSR count). The van der Waals surface area contributed by atoms with Crippen LogP contribution < -0.4 is 52.8 Å². The molecule has 466 valence electrons. The molecule has 0 spiro atoms. The lowest BCUT2D eigenvalue weighted by Gasteiger charge is -2.26. The van der Waals surface area contributed by atoms with Crippen LogP contribution in [0.2, 0.25) is 6.04 Å². The number of benzene rings is 2. The van der Waals surface area contributed by atoms with Crippen LogP contribution in [0, 0.1) is 10.1 Å². The number of nitrogens with one attached hydrogen (secondary N) is 6. The fraction of sp³-hybridized carbons (Fsp3) is 0.648. The molecule has 28 nitrogen and oxygen atoms in total. The van der Waals surface area contributed by atoms with Gasteiger partial charge in [0.25, 0.3) is 5.69 Å². The number of nitro benzene ring substituents is 1. The van der Waals surface area contributed by atoms with Crippen LogP contribution in [0.5, 0.6) is 11.5 Å². The van der Waals surface area contributed by atoms with Crippen LogP contribution in [-0.4, -0.2) is 200 Å². The lowest BCUT2D eigenvalue weighted by molar-refractivity contribution is -0.385. The summed E-state index contributed by atoms with van der Waals surface area (Å²) in [6.45, 7) is 7.42. The lowest BCUT2D eigenvalue weighted by Crippen LogP contribution is -2.58. The van der Waals surface area contributed by atoms with Gasteiger partial charge in [0.05, 0.1) is 77.8 Å². The molecule has 1 aliphatic heterocycles. The van der Waals surface area contributed by atoms with Crippen molar-refractivity contribution in [2.24, 2.45) is 16.5 Å². The van der Waals surface area contributed by atoms with Crippen molar-refractivity contribution in [2.75, 3.05) is 115 Å². The number of nitrogens with zero attached hydrogens (tertiary/aromatic N) is 2. The third-order valence-electron chi connectivity index (χ3n) is 13.4. The van der Waals surface area contributed by atoms with E-state index in [0.717, 1.165) is 12.8 Å². The van der Waals surface area contributed by atoms with E-state index in [2.05, 4.69) is 36.9 Å². The number of methoxy groups -OCH3 is 2. The van der Waals surface area contributed by atoms with Crippen molar-refractivity contribution in [3.8, 4) is 11.5 Å². The number of hydrogen-bond donors (Lipinski definition) is 8. The maximum Gasteiger partial charge on any atom is 0.500 e. The Labute approximate surface area is 486 Å². The van der Waals surface area contributed by atoms with Crippen molar-refractivity contribution in [2.45, 2.75) is 114 Å². The van der Waals surface area contributed by atoms with E-state index in [1.165, 1.54) is 33.3 Å². The molecule has 0 aliphatic carbocycles. The first-order valence-corrected chi connectivity index (χ1v) is 29.7. The SMILES string of the molecule is COc1cc(C(C)C(C)OC(=O)C[C@@H]2NC(=O)[C@@H](Cc3ccccc3)NC(=O)[C@H](CCCCNCCCOCCOCCOCCOCCC[Si](OC)(OC)OC)NC(=O)[C@H](CCCN=C(N)N)NC(=O)CNC2=O)c([N+](=O)[O-])cc1OC. The number of esters is 1. The van der Waals surface area contributed by atoms with E-state index in [1.54, 1.807) is 58.6 Å². The van der Waals surface area contributed by atoms with Crippen molar-refractivity contribution in [3.63, 3.8) is 0 Å². The second-order valence-corrected chi connectivity index (χ2v) is 22.4. The molecule has 2 aromatic carbocycles. The van der Waals surface area contributed by atoms with Gasteiger partial charge in [0, 0.05) is 65.0 Å². The number of amides is 5. The van der Waals surface area contributed by atoms with Gasteiger partial charge in [0.1, 0.15) is 30.3 Å². The van der Waals surface area contributed by atoms with Crippen molar-refractivity contribution in [1.82, 2.24) is 31.9 Å². The van der Waals surface area contributed by atoms with E-state index in [9.17, 15) is 38.9 Å². The number of unbranched alkanes of at least 4 members (excludes halogenated alkanes) is 1. The van der Waals surface area contributed by atoms with Gasteiger partial charge in [-0.2, -0.15) is 0 Å². The number of ether oxygens (including phenoxy) is 7. The lowest BCUT2D eigenvalue weighted by atomic mass is 9.94. The predicted molar refractivity (Wildman–Crippen MR) is 306 cm³/mol. The molecule has 5 amide bonds. The molecule has 2 unspecified atom stereocenters. The molecule has 1 saturated heterocycles. The number of carbonyl (C=O) groups is 6. The van der Waals surface area contributed by atoms with Crippen LogP contribution in [0.3, 0.4) is 0 Å². The highest BCUT2D eigenvalue weighted by Crippen LogP contribution is 2.39. The number of aliphatic imine (C=N–C) groups is 1. The topological polar surface area (TPSA) is 374 Å². The molecule has 0 radical (unpaired) electrons. The molecule has 0 aromatic heterocycles. The molecule has 0 saturated carbocycles. The molecule has 2 aromatic rings. The Bertz CT molecular complexity index is 2330. The zero-order valence-corrected chi connectivity index (χ0v) is 50.0. The predicted octanol–water partition coefficient (Wildman–Crippen LogP) is 0.887. The number of nitrogens with two attached hydrogens (primary N) is 2. The zero-order chi connectivity index (χ0) is 61.0. The Hall–Kier alpha value is -6.57. The van der Waals surface area contributed by atoms with E-state index in [1.807, 2.05) is 0 Å². The second kappa shape index (κ2) is 39.8. The molecule has 1 fully saturated rings. The van der Waals surface area contributed by atoms with Crippen LogP contribution >= 0.6 is 0 Å². The van der Waals surface area contributed by atoms with Crippen LogP contribution in [0.4, 0.5) is 5.69 Å². The summed E-state index contributed by atoms with van der Waals surface area (Å²) in [5.41, 5.74) is 11.5. The van der Waals surface area contributed by atoms with Crippen molar-refractivity contribution >= 4 is 56.0 Å². The normalized spacial score (nSPS) is 18.0. The fourth-order valence-electron chi connectivity index (χ4n) is 8.58. The molecule has 1 heterocycles. The maximum absolute atomic E-state index is 14.4. The summed E-state index contributed by atoms with van der Waals surface area (Å²) in [7, 11) is 4.85. The first-order chi connectivity index (χ1) is 39.9. The number of hydrogen-bond acceptors (Lipinski definition) is 20. The van der Waals surface area contributed by atoms with Crippen LogP contribution in [0.25, 0.3) is 0 Å². The first kappa shape index (κ1) is 70.7. The Kier molecular flexibility index (Phi) is 33.9. The number of rotatable bonds is 39. The highest BCUT2D eigenvalue weighted by atomic mass is 28.4. The molecular formula is C54H88N10O18Si. The minimum atomic E-state index is -2.59. The Morgan fingerprint density at radius 1 is 0.687 bits per heavy atom. The van der Waals surface area contributed by atoms with Gasteiger partial charge in [-0.1, -0.05) is 37.3 Å². The Balaban J connectivity index is 1.64. The zero-order valence-electron chi connectivity index (χ0n) is 49.0. The first-order valence-electron chi connectivity index (χ1n) is 27.8. The molecule has 0 bridgehead atoms. The Morgan fingerprint density at radius 2 is 1.22 bits per heavy atom. The van der Waals surface area contributed by atoms with Gasteiger partial charge in [-0.05, 0) is 76.6 Å². The standard InChI is InChI=1S/C54H88N10O18Si/c1-37(40-33-46(73-3)47(74-4)35-45(40)64(71)72)38(2)82-49(66)34-44-50(67)59-36-48(65)60-41(19-13-22-58-54(55)56)51(68)61-42(52(69)62-43(53(70)63-44)32-39-16-9-8-10-17-39)18-11-12-20-57-21-14-23-78-25-27-80-29-30-81-28-26-79-24-15-31-83(75-5,76-6)77-7/h8-10,16-17,33,35,37-38,41-44,57H,11-15,18-32,34,36H2,1-7H3,(H,59,67)(H,60,65)(H,61,68)(H,62,69)(H,63,70)(H4,55,56,58)/t37?,38?,41-,42-,43+,44-/m0/s1. The fourth-order valence-corrected chi connectivity index (χ4v) is 10.3. The molecular weight excluding hydrogens is 1100 g/mol. The van der Waals surface area contributed by atoms with Crippen molar-refractivity contribution in [3.05, 3.63) is 63.7 Å². The molecule has 6 atom stereocenters. The van der Waals surface area contributed by atoms with Gasteiger partial charge in [0.15, 0.2) is 17.5 Å². The van der Waals surface area contributed by atoms with E-state index in [-0.39, 0.29) is 60.9 Å². The number of nitro groups is 1. The molecule has 83 heavy (non-hydrogen) atoms. The summed E-state index contributed by atoms with van der Waals surface area (Å²) in [6, 6.07) is 6.58. The van der Waals surface area contributed by atoms with Crippen LogP contribution in [-0.2, 0) is 72.2 Å². The van der Waals surface area contributed by atoms with Crippen LogP contribution in [0.15, 0.2) is 47.5 Å². The maximum atomic E-state index is 14.4. The van der Waals surface area contributed by atoms with E-state index in [4.69, 9.17) is 57.9 Å². The van der Waals surface area contributed by atoms with Gasteiger partial charge >= 0.3 is 14.8 Å². The van der Waals surface area contributed by atoms with Crippen molar-refractivity contribution < 1.29 is 80.1 Å². The van der Waals surface area contributed by atoms with Gasteiger partial charge in [-0.15, -0.1) is 0 Å². The molecule has 29 heteroatoms. The van der Waals surface area contributed by atoms with Crippen molar-refractivity contribution in [1.29, 1.82) is 0 Å². The third-order valence-corrected chi connectivity index (χ3v) is 16.2. The third kappa shape index (κ3) is 26.7. The number of carbonyl (C=O) groups excluding carboxylic acids is 6. The summed E-state index contributed by atoms with van der Waals surface area (Å²) < 4.78 is 55.0. The largest absolute Gasteiger partial charge is 0.500 e. The molecule has 10 N–H and O–H groups in total. The smallest absolute Gasteiger partial charge is 0.493 e. The monoisotopic (exact) mass is 1190 g/mol. The summed E-state index contributed by atoms with van der Waals surface area (Å²) in [5.74, 6) is -5.69. The van der Waals surface area contributed by atoms with Crippen LogP contribution in [0.1, 0.15) is 82.3 Å². The van der Waals surface area contributed by atoms with E-state index in [0.29, 0.717) is 90.4 Å². The highest BCUT2D eigenvalue weighted by molar-refractivity contribution is 6.60. The summed E-state index contributed by atoms with van der Waals surface area (Å²) in [5, 5.41) is 28.6. The average Bonchev–Trinajstić information content (AvgIpc) is 3.70. The average molecular weight is 1190 g/mol. The van der Waals surface area contributed by atoms with Gasteiger partial charge in [-0.3, -0.25) is 43.9 Å². The number of guanidine groups is 1. The minimum Gasteiger partial charge on any atom is -0.493 e. The summed E-state index contributed by atoms with van der Waals surface area (Å²) in [4.78, 5) is 99.3. The summed E-state index contributed by atoms with van der Waals surface area (Å²) in [6.07, 6.45) is 1.08.